The molecule has 4 aromatic rings. The van der Waals surface area contributed by atoms with Crippen LogP contribution in [0.1, 0.15) is 40.6 Å². The zero-order chi connectivity index (χ0) is 31.7. The van der Waals surface area contributed by atoms with Gasteiger partial charge in [-0.3, -0.25) is 14.4 Å². The van der Waals surface area contributed by atoms with Crippen molar-refractivity contribution in [3.05, 3.63) is 89.7 Å². The van der Waals surface area contributed by atoms with Gasteiger partial charge in [0.15, 0.2) is 6.04 Å². The van der Waals surface area contributed by atoms with Crippen LogP contribution in [0.5, 0.6) is 5.75 Å². The molecule has 1 fully saturated rings. The number of methoxy groups -OCH3 is 1. The lowest BCUT2D eigenvalue weighted by molar-refractivity contribution is -0.142. The van der Waals surface area contributed by atoms with E-state index in [2.05, 4.69) is 5.32 Å². The Morgan fingerprint density at radius 1 is 1.09 bits per heavy atom. The van der Waals surface area contributed by atoms with E-state index in [1.165, 1.54) is 30.2 Å². The van der Waals surface area contributed by atoms with E-state index in [0.29, 0.717) is 27.7 Å². The second-order valence-corrected chi connectivity index (χ2v) is 12.8. The number of rotatable bonds is 10. The third-order valence-corrected chi connectivity index (χ3v) is 9.96. The number of imidazole rings is 1. The third-order valence-electron chi connectivity index (χ3n) is 8.18. The molecule has 2 atom stereocenters. The van der Waals surface area contributed by atoms with Gasteiger partial charge in [-0.2, -0.15) is 0 Å². The third kappa shape index (κ3) is 5.76. The Balaban J connectivity index is 1.41. The van der Waals surface area contributed by atoms with E-state index in [9.17, 15) is 22.8 Å². The fourth-order valence-electron chi connectivity index (χ4n) is 5.78. The Morgan fingerprint density at radius 3 is 2.51 bits per heavy atom. The molecule has 3 heterocycles. The van der Waals surface area contributed by atoms with Gasteiger partial charge in [-0.25, -0.2) is 17.7 Å². The van der Waals surface area contributed by atoms with Gasteiger partial charge in [-0.1, -0.05) is 36.4 Å². The number of fused-ring (bicyclic) bond motifs is 2. The number of nitrogens with zero attached hydrogens (tertiary/aromatic N) is 4. The maximum Gasteiger partial charge on any atom is 0.269 e. The molecule has 3 amide bonds. The summed E-state index contributed by atoms with van der Waals surface area (Å²) >= 11 is 0. The van der Waals surface area contributed by atoms with Crippen LogP contribution in [-0.4, -0.2) is 77.8 Å². The van der Waals surface area contributed by atoms with Crippen LogP contribution in [-0.2, 0) is 37.9 Å². The van der Waals surface area contributed by atoms with Gasteiger partial charge in [0, 0.05) is 26.7 Å². The summed E-state index contributed by atoms with van der Waals surface area (Å²) in [7, 11) is -0.990. The number of hydrogen-bond acceptors (Lipinski definition) is 8. The number of carbonyl (C=O) groups excluding carboxylic acids is 3. The minimum atomic E-state index is -4.28. The molecule has 0 unspecified atom stereocenters. The molecule has 45 heavy (non-hydrogen) atoms. The Hall–Kier alpha value is -4.75. The Labute approximate surface area is 260 Å². The van der Waals surface area contributed by atoms with Crippen LogP contribution in [0, 0.1) is 0 Å². The lowest BCUT2D eigenvalue weighted by atomic mass is 10.1. The van der Waals surface area contributed by atoms with Crippen LogP contribution in [0.2, 0.25) is 0 Å². The molecule has 234 valence electrons. The van der Waals surface area contributed by atoms with Gasteiger partial charge in [0.2, 0.25) is 5.91 Å². The molecule has 0 radical (unpaired) electrons. The van der Waals surface area contributed by atoms with Gasteiger partial charge >= 0.3 is 0 Å². The summed E-state index contributed by atoms with van der Waals surface area (Å²) < 4.78 is 40.1. The first-order chi connectivity index (χ1) is 21.7. The summed E-state index contributed by atoms with van der Waals surface area (Å²) in [5.41, 5.74) is 2.01. The van der Waals surface area contributed by atoms with Gasteiger partial charge in [-0.05, 0) is 54.8 Å². The summed E-state index contributed by atoms with van der Waals surface area (Å²) in [4.78, 5) is 47.6. The predicted molar refractivity (Wildman–Crippen MR) is 164 cm³/mol. The summed E-state index contributed by atoms with van der Waals surface area (Å²) in [6.07, 6.45) is 1.52. The number of amides is 3. The molecule has 13 heteroatoms. The molecular formula is C32H33N5O7S. The maximum absolute atomic E-state index is 14.3. The first-order valence-electron chi connectivity index (χ1n) is 14.6. The lowest BCUT2D eigenvalue weighted by Gasteiger charge is -2.32. The topological polar surface area (TPSA) is 140 Å². The molecule has 6 rings (SSSR count). The van der Waals surface area contributed by atoms with Crippen molar-refractivity contribution >= 4 is 38.8 Å². The van der Waals surface area contributed by atoms with E-state index in [0.717, 1.165) is 18.4 Å². The number of aryl methyl sites for hydroxylation is 1. The Kier molecular flexibility index (Phi) is 8.30. The van der Waals surface area contributed by atoms with Crippen molar-refractivity contribution in [3.8, 4) is 5.75 Å². The van der Waals surface area contributed by atoms with Crippen LogP contribution >= 0.6 is 0 Å². The minimum absolute atomic E-state index is 0.00629. The van der Waals surface area contributed by atoms with Crippen molar-refractivity contribution in [3.63, 3.8) is 0 Å². The number of para-hydroxylation sites is 2. The van der Waals surface area contributed by atoms with E-state index in [1.54, 1.807) is 41.9 Å². The Bertz CT molecular complexity index is 1870. The number of carbonyl (C=O) groups is 3. The average molecular weight is 632 g/mol. The first-order valence-corrected chi connectivity index (χ1v) is 16.0. The molecule has 3 aromatic carbocycles. The molecule has 2 aliphatic rings. The first kappa shape index (κ1) is 30.3. The summed E-state index contributed by atoms with van der Waals surface area (Å²) in [6.45, 7) is -0.0415. The largest absolute Gasteiger partial charge is 0.497 e. The summed E-state index contributed by atoms with van der Waals surface area (Å²) in [6, 6.07) is 18.9. The molecular weight excluding hydrogens is 598 g/mol. The number of ether oxygens (including phenoxy) is 2. The van der Waals surface area contributed by atoms with E-state index in [4.69, 9.17) is 14.5 Å². The van der Waals surface area contributed by atoms with E-state index >= 15 is 0 Å². The smallest absolute Gasteiger partial charge is 0.269 e. The standard InChI is InChI=1S/C32H33N5O7S/c1-35-26-11-5-4-10-25(26)34-30(35)29(31(39)33-18-23-8-7-17-44-23)36(19-21-13-15-22(43-2)16-14-21)28(38)20-37-32(40)24-9-3-6-12-27(24)45(37,41)42/h3-6,9-16,23,29H,7-8,17-20H2,1-2H3,(H,33,39)/t23-,29+/m1/s1. The molecule has 1 N–H and O–H groups in total. The molecule has 0 saturated carbocycles. The number of sulfonamides is 1. The second-order valence-electron chi connectivity index (χ2n) is 11.0. The van der Waals surface area contributed by atoms with Crippen molar-refractivity contribution < 1.29 is 32.3 Å². The fourth-order valence-corrected chi connectivity index (χ4v) is 7.29. The van der Waals surface area contributed by atoms with Crippen molar-refractivity contribution in [2.24, 2.45) is 7.05 Å². The number of nitrogens with one attached hydrogen (secondary N) is 1. The van der Waals surface area contributed by atoms with E-state index in [1.807, 2.05) is 24.3 Å². The Morgan fingerprint density at radius 2 is 1.82 bits per heavy atom. The highest BCUT2D eigenvalue weighted by atomic mass is 32.2. The van der Waals surface area contributed by atoms with Crippen LogP contribution in [0.25, 0.3) is 11.0 Å². The van der Waals surface area contributed by atoms with Crippen molar-refractivity contribution in [2.45, 2.75) is 36.4 Å². The molecule has 1 aromatic heterocycles. The van der Waals surface area contributed by atoms with Gasteiger partial charge in [0.05, 0.1) is 29.8 Å². The number of benzene rings is 3. The quantitative estimate of drug-likeness (QED) is 0.282. The fraction of sp³-hybridized carbons (Fsp3) is 0.312. The van der Waals surface area contributed by atoms with Gasteiger partial charge in [0.1, 0.15) is 23.0 Å². The molecule has 0 spiro atoms. The van der Waals surface area contributed by atoms with Gasteiger partial charge in [-0.15, -0.1) is 0 Å². The SMILES string of the molecule is COc1ccc(CN(C(=O)CN2C(=O)c3ccccc3S2(=O)=O)[C@H](C(=O)NC[C@H]2CCCO2)c2nc3ccccc3n2C)cc1. The van der Waals surface area contributed by atoms with E-state index in [-0.39, 0.29) is 35.5 Å². The summed E-state index contributed by atoms with van der Waals surface area (Å²) in [5.74, 6) is -1.18. The van der Waals surface area contributed by atoms with Crippen LogP contribution in [0.4, 0.5) is 0 Å². The predicted octanol–water partition coefficient (Wildman–Crippen LogP) is 2.79. The molecule has 1 saturated heterocycles. The minimum Gasteiger partial charge on any atom is -0.497 e. The monoisotopic (exact) mass is 631 g/mol. The zero-order valence-electron chi connectivity index (χ0n) is 24.9. The second kappa shape index (κ2) is 12.3. The summed E-state index contributed by atoms with van der Waals surface area (Å²) in [5, 5.41) is 2.94. The number of hydrogen-bond donors (Lipinski definition) is 1. The molecule has 0 bridgehead atoms. The van der Waals surface area contributed by atoms with E-state index < -0.39 is 40.3 Å². The van der Waals surface area contributed by atoms with Crippen molar-refractivity contribution in [1.29, 1.82) is 0 Å². The molecule has 12 nitrogen and oxygen atoms in total. The zero-order valence-corrected chi connectivity index (χ0v) is 25.7. The normalized spacial score (nSPS) is 17.7. The highest BCUT2D eigenvalue weighted by Crippen LogP contribution is 2.32. The highest BCUT2D eigenvalue weighted by molar-refractivity contribution is 7.90. The number of aromatic nitrogens is 2. The van der Waals surface area contributed by atoms with Crippen molar-refractivity contribution in [2.75, 3.05) is 26.8 Å². The van der Waals surface area contributed by atoms with Crippen LogP contribution in [0.15, 0.2) is 77.7 Å². The molecule has 2 aliphatic heterocycles. The van der Waals surface area contributed by atoms with Crippen molar-refractivity contribution in [1.82, 2.24) is 24.1 Å². The van der Waals surface area contributed by atoms with Crippen LogP contribution < -0.4 is 10.1 Å². The van der Waals surface area contributed by atoms with Crippen LogP contribution in [0.3, 0.4) is 0 Å². The average Bonchev–Trinajstić information content (AvgIpc) is 3.74. The molecule has 0 aliphatic carbocycles. The highest BCUT2D eigenvalue weighted by Gasteiger charge is 2.44. The lowest BCUT2D eigenvalue weighted by Crippen LogP contribution is -2.49. The van der Waals surface area contributed by atoms with Gasteiger partial charge in [0.25, 0.3) is 21.8 Å². The maximum atomic E-state index is 14.3. The van der Waals surface area contributed by atoms with Gasteiger partial charge < -0.3 is 24.3 Å².